The highest BCUT2D eigenvalue weighted by atomic mass is 32.2. The van der Waals surface area contributed by atoms with Crippen molar-refractivity contribution in [3.63, 3.8) is 0 Å². The van der Waals surface area contributed by atoms with Crippen molar-refractivity contribution in [2.45, 2.75) is 43.1 Å². The van der Waals surface area contributed by atoms with Gasteiger partial charge in [-0.3, -0.25) is 4.98 Å². The van der Waals surface area contributed by atoms with Crippen LogP contribution in [0.5, 0.6) is 0 Å². The normalized spacial score (nSPS) is 18.5. The van der Waals surface area contributed by atoms with Crippen molar-refractivity contribution in [1.82, 2.24) is 14.9 Å². The molecule has 0 radical (unpaired) electrons. The number of sulfone groups is 1. The molecule has 0 bridgehead atoms. The molecule has 7 nitrogen and oxygen atoms in total. The first-order valence-corrected chi connectivity index (χ1v) is 9.65. The summed E-state index contributed by atoms with van der Waals surface area (Å²) >= 11 is 0. The van der Waals surface area contributed by atoms with Gasteiger partial charge in [-0.25, -0.2) is 18.2 Å². The van der Waals surface area contributed by atoms with Crippen molar-refractivity contribution in [3.05, 3.63) is 30.5 Å². The molecule has 1 aromatic heterocycles. The SMILES string of the molecule is CC(C)(C)OC(=O)N1CCC(S(=O)(=O)c2cnc3ccccc3n2)C1. The van der Waals surface area contributed by atoms with E-state index in [1.165, 1.54) is 11.1 Å². The van der Waals surface area contributed by atoms with Crippen molar-refractivity contribution < 1.29 is 17.9 Å². The molecule has 2 aromatic rings. The van der Waals surface area contributed by atoms with Gasteiger partial charge in [-0.05, 0) is 39.3 Å². The van der Waals surface area contributed by atoms with Gasteiger partial charge in [0, 0.05) is 13.1 Å². The molecule has 1 saturated heterocycles. The Balaban J connectivity index is 1.79. The zero-order valence-corrected chi connectivity index (χ0v) is 15.3. The van der Waals surface area contributed by atoms with Crippen LogP contribution in [0.3, 0.4) is 0 Å². The van der Waals surface area contributed by atoms with Gasteiger partial charge in [-0.15, -0.1) is 0 Å². The second-order valence-corrected chi connectivity index (χ2v) is 9.25. The number of ether oxygens (including phenoxy) is 1. The van der Waals surface area contributed by atoms with E-state index in [0.29, 0.717) is 24.0 Å². The van der Waals surface area contributed by atoms with Crippen LogP contribution in [0, 0.1) is 0 Å². The number of nitrogens with zero attached hydrogens (tertiary/aromatic N) is 3. The monoisotopic (exact) mass is 363 g/mol. The van der Waals surface area contributed by atoms with E-state index in [-0.39, 0.29) is 11.6 Å². The lowest BCUT2D eigenvalue weighted by Gasteiger charge is -2.24. The second kappa shape index (κ2) is 6.25. The van der Waals surface area contributed by atoms with Crippen LogP contribution in [0.1, 0.15) is 27.2 Å². The molecule has 2 heterocycles. The van der Waals surface area contributed by atoms with Gasteiger partial charge in [-0.1, -0.05) is 12.1 Å². The number of hydrogen-bond donors (Lipinski definition) is 0. The summed E-state index contributed by atoms with van der Waals surface area (Å²) in [6.45, 7) is 5.78. The molecule has 134 valence electrons. The fraction of sp³-hybridized carbons (Fsp3) is 0.471. The van der Waals surface area contributed by atoms with E-state index in [4.69, 9.17) is 4.74 Å². The minimum atomic E-state index is -3.66. The van der Waals surface area contributed by atoms with Gasteiger partial charge in [0.25, 0.3) is 0 Å². The van der Waals surface area contributed by atoms with E-state index in [1.807, 2.05) is 6.07 Å². The molecule has 3 rings (SSSR count). The molecule has 1 amide bonds. The summed E-state index contributed by atoms with van der Waals surface area (Å²) in [4.78, 5) is 22.0. The Hall–Kier alpha value is -2.22. The van der Waals surface area contributed by atoms with Gasteiger partial charge in [0.05, 0.1) is 22.5 Å². The minimum Gasteiger partial charge on any atom is -0.444 e. The quantitative estimate of drug-likeness (QED) is 0.814. The average molecular weight is 363 g/mol. The number of aromatic nitrogens is 2. The standard InChI is InChI=1S/C17H21N3O4S/c1-17(2,3)24-16(21)20-9-8-12(11-20)25(22,23)15-10-18-13-6-4-5-7-14(13)19-15/h4-7,10,12H,8-9,11H2,1-3H3. The van der Waals surface area contributed by atoms with Gasteiger partial charge < -0.3 is 9.64 Å². The Kier molecular flexibility index (Phi) is 4.40. The Morgan fingerprint density at radius 2 is 1.92 bits per heavy atom. The molecule has 1 fully saturated rings. The summed E-state index contributed by atoms with van der Waals surface area (Å²) in [5, 5.41) is -0.752. The smallest absolute Gasteiger partial charge is 0.410 e. The van der Waals surface area contributed by atoms with Crippen LogP contribution in [0.15, 0.2) is 35.5 Å². The van der Waals surface area contributed by atoms with E-state index in [0.717, 1.165) is 0 Å². The first-order valence-electron chi connectivity index (χ1n) is 8.10. The maximum atomic E-state index is 12.9. The number of carbonyl (C=O) groups is 1. The number of para-hydroxylation sites is 2. The first-order chi connectivity index (χ1) is 11.7. The third-order valence-electron chi connectivity index (χ3n) is 3.95. The second-order valence-electron chi connectivity index (χ2n) is 7.08. The average Bonchev–Trinajstić information content (AvgIpc) is 3.04. The van der Waals surface area contributed by atoms with Crippen molar-refractivity contribution in [3.8, 4) is 0 Å². The third-order valence-corrected chi connectivity index (χ3v) is 6.00. The summed E-state index contributed by atoms with van der Waals surface area (Å²) in [6, 6.07) is 7.11. The molecule has 0 aliphatic carbocycles. The summed E-state index contributed by atoms with van der Waals surface area (Å²) < 4.78 is 31.0. The molecule has 0 N–H and O–H groups in total. The number of carbonyl (C=O) groups excluding carboxylic acids is 1. The maximum absolute atomic E-state index is 12.9. The fourth-order valence-electron chi connectivity index (χ4n) is 2.72. The van der Waals surface area contributed by atoms with E-state index in [1.54, 1.807) is 39.0 Å². The highest BCUT2D eigenvalue weighted by molar-refractivity contribution is 7.92. The Bertz CT molecular complexity index is 905. The van der Waals surface area contributed by atoms with Crippen molar-refractivity contribution >= 4 is 27.0 Å². The van der Waals surface area contributed by atoms with Crippen LogP contribution < -0.4 is 0 Å². The van der Waals surface area contributed by atoms with Gasteiger partial charge >= 0.3 is 6.09 Å². The lowest BCUT2D eigenvalue weighted by atomic mass is 10.2. The molecule has 1 aromatic carbocycles. The summed E-state index contributed by atoms with van der Waals surface area (Å²) in [5.41, 5.74) is 0.562. The van der Waals surface area contributed by atoms with Gasteiger partial charge in [0.15, 0.2) is 5.03 Å². The number of likely N-dealkylation sites (tertiary alicyclic amines) is 1. The number of amides is 1. The Morgan fingerprint density at radius 1 is 1.24 bits per heavy atom. The molecule has 1 unspecified atom stereocenters. The van der Waals surface area contributed by atoms with E-state index < -0.39 is 26.8 Å². The summed E-state index contributed by atoms with van der Waals surface area (Å²) in [5.74, 6) is 0. The van der Waals surface area contributed by atoms with Crippen molar-refractivity contribution in [1.29, 1.82) is 0 Å². The molecule has 8 heteroatoms. The number of fused-ring (bicyclic) bond motifs is 1. The maximum Gasteiger partial charge on any atom is 0.410 e. The lowest BCUT2D eigenvalue weighted by Crippen LogP contribution is -2.36. The summed E-state index contributed by atoms with van der Waals surface area (Å²) in [7, 11) is -3.66. The van der Waals surface area contributed by atoms with Gasteiger partial charge in [0.1, 0.15) is 5.60 Å². The van der Waals surface area contributed by atoms with Crippen LogP contribution in [0.25, 0.3) is 11.0 Å². The van der Waals surface area contributed by atoms with Crippen molar-refractivity contribution in [2.75, 3.05) is 13.1 Å². The fourth-order valence-corrected chi connectivity index (χ4v) is 4.28. The van der Waals surface area contributed by atoms with Crippen LogP contribution >= 0.6 is 0 Å². The van der Waals surface area contributed by atoms with E-state index in [2.05, 4.69) is 9.97 Å². The van der Waals surface area contributed by atoms with Crippen LogP contribution in [-0.2, 0) is 14.6 Å². The molecule has 1 aliphatic rings. The Morgan fingerprint density at radius 3 is 2.60 bits per heavy atom. The molecular formula is C17H21N3O4S. The van der Waals surface area contributed by atoms with Gasteiger partial charge in [0.2, 0.25) is 9.84 Å². The molecule has 25 heavy (non-hydrogen) atoms. The van der Waals surface area contributed by atoms with Gasteiger partial charge in [-0.2, -0.15) is 0 Å². The van der Waals surface area contributed by atoms with Crippen molar-refractivity contribution in [2.24, 2.45) is 0 Å². The molecule has 1 aliphatic heterocycles. The lowest BCUT2D eigenvalue weighted by molar-refractivity contribution is 0.0295. The molecule has 0 saturated carbocycles. The van der Waals surface area contributed by atoms with Crippen LogP contribution in [-0.4, -0.2) is 53.3 Å². The van der Waals surface area contributed by atoms with E-state index >= 15 is 0 Å². The van der Waals surface area contributed by atoms with E-state index in [9.17, 15) is 13.2 Å². The minimum absolute atomic E-state index is 0.0535. The largest absolute Gasteiger partial charge is 0.444 e. The zero-order valence-electron chi connectivity index (χ0n) is 14.5. The predicted octanol–water partition coefficient (Wildman–Crippen LogP) is 2.41. The molecule has 1 atom stereocenters. The number of benzene rings is 1. The predicted molar refractivity (Wildman–Crippen MR) is 92.9 cm³/mol. The van der Waals surface area contributed by atoms with Crippen LogP contribution in [0.4, 0.5) is 4.79 Å². The highest BCUT2D eigenvalue weighted by Crippen LogP contribution is 2.25. The molecule has 0 spiro atoms. The highest BCUT2D eigenvalue weighted by Gasteiger charge is 2.38. The topological polar surface area (TPSA) is 89.5 Å². The zero-order chi connectivity index (χ0) is 18.2. The number of hydrogen-bond acceptors (Lipinski definition) is 6. The number of rotatable bonds is 2. The third kappa shape index (κ3) is 3.73. The summed E-state index contributed by atoms with van der Waals surface area (Å²) in [6.07, 6.45) is 1.15. The Labute approximate surface area is 146 Å². The van der Waals surface area contributed by atoms with Crippen LogP contribution in [0.2, 0.25) is 0 Å². The molecular weight excluding hydrogens is 342 g/mol. The first kappa shape index (κ1) is 17.6.